The maximum Gasteiger partial charge on any atom is 0.410 e. The lowest BCUT2D eigenvalue weighted by atomic mass is 10.0. The lowest BCUT2D eigenvalue weighted by Gasteiger charge is -2.26. The highest BCUT2D eigenvalue weighted by Gasteiger charge is 2.35. The SMILES string of the molecule is CSc1cc(F)cc([C@H]2C[C@H](F)CN2c2ccc3ncc(C(=O)N[C@H]4CCN(C(=O)OC(C)(C)C)C4)n3n2)c1. The second-order valence-electron chi connectivity index (χ2n) is 10.9. The number of aromatic nitrogens is 3. The quantitative estimate of drug-likeness (QED) is 0.457. The lowest BCUT2D eigenvalue weighted by molar-refractivity contribution is 0.0290. The number of imidazole rings is 1. The molecule has 0 saturated carbocycles. The van der Waals surface area contributed by atoms with E-state index in [1.165, 1.54) is 34.6 Å². The van der Waals surface area contributed by atoms with Crippen LogP contribution in [-0.2, 0) is 4.74 Å². The first kappa shape index (κ1) is 27.2. The van der Waals surface area contributed by atoms with Crippen LogP contribution in [-0.4, -0.2) is 75.2 Å². The van der Waals surface area contributed by atoms with Gasteiger partial charge in [-0.2, -0.15) is 0 Å². The molecule has 0 radical (unpaired) electrons. The molecule has 2 amide bonds. The van der Waals surface area contributed by atoms with Crippen molar-refractivity contribution in [2.45, 2.75) is 62.4 Å². The number of amides is 2. The number of nitrogens with zero attached hydrogens (tertiary/aromatic N) is 5. The first-order valence-electron chi connectivity index (χ1n) is 12.9. The van der Waals surface area contributed by atoms with Gasteiger partial charge in [0.15, 0.2) is 11.3 Å². The van der Waals surface area contributed by atoms with Gasteiger partial charge in [0.1, 0.15) is 23.4 Å². The van der Waals surface area contributed by atoms with Crippen LogP contribution in [0.15, 0.2) is 41.4 Å². The fourth-order valence-electron chi connectivity index (χ4n) is 5.05. The van der Waals surface area contributed by atoms with Crippen LogP contribution in [0, 0.1) is 5.82 Å². The molecule has 3 atom stereocenters. The van der Waals surface area contributed by atoms with E-state index in [2.05, 4.69) is 15.4 Å². The summed E-state index contributed by atoms with van der Waals surface area (Å²) in [6.07, 6.45) is 2.61. The maximum absolute atomic E-state index is 14.7. The van der Waals surface area contributed by atoms with Crippen molar-refractivity contribution in [3.05, 3.63) is 53.6 Å². The second-order valence-corrected chi connectivity index (χ2v) is 11.8. The molecule has 1 N–H and O–H groups in total. The number of hydrogen-bond acceptors (Lipinski definition) is 7. The minimum atomic E-state index is -1.10. The molecule has 2 aliphatic rings. The number of hydrogen-bond donors (Lipinski definition) is 1. The molecular weight excluding hydrogens is 526 g/mol. The summed E-state index contributed by atoms with van der Waals surface area (Å²) in [5.74, 6) is -0.279. The summed E-state index contributed by atoms with van der Waals surface area (Å²) in [5, 5.41) is 7.60. The van der Waals surface area contributed by atoms with Gasteiger partial charge < -0.3 is 19.9 Å². The Labute approximate surface area is 229 Å². The number of rotatable bonds is 5. The van der Waals surface area contributed by atoms with Crippen LogP contribution in [0.1, 0.15) is 55.7 Å². The average Bonchev–Trinajstić information content (AvgIpc) is 3.60. The summed E-state index contributed by atoms with van der Waals surface area (Å²) in [6, 6.07) is 7.59. The van der Waals surface area contributed by atoms with Gasteiger partial charge in [-0.25, -0.2) is 23.1 Å². The van der Waals surface area contributed by atoms with Crippen LogP contribution >= 0.6 is 11.8 Å². The van der Waals surface area contributed by atoms with Crippen molar-refractivity contribution in [1.82, 2.24) is 24.8 Å². The third-order valence-corrected chi connectivity index (χ3v) is 7.52. The molecule has 0 unspecified atom stereocenters. The highest BCUT2D eigenvalue weighted by atomic mass is 32.2. The first-order chi connectivity index (χ1) is 18.5. The van der Waals surface area contributed by atoms with Crippen LogP contribution in [0.25, 0.3) is 5.65 Å². The molecule has 0 bridgehead atoms. The molecule has 2 aromatic heterocycles. The van der Waals surface area contributed by atoms with Gasteiger partial charge >= 0.3 is 6.09 Å². The standard InChI is InChI=1S/C27H32F2N6O3S/c1-27(2,3)38-26(37)33-8-7-19(15-33)31-25(36)22-13-30-23-5-6-24(32-35(22)23)34-14-18(29)12-21(34)16-9-17(28)11-20(10-16)39-4/h5-6,9-11,13,18-19,21H,7-8,12,14-15H2,1-4H3,(H,31,36)/t18-,19-,21+/m0/s1. The Bertz CT molecular complexity index is 1390. The van der Waals surface area contributed by atoms with Crippen molar-refractivity contribution in [3.8, 4) is 0 Å². The zero-order valence-electron chi connectivity index (χ0n) is 22.4. The summed E-state index contributed by atoms with van der Waals surface area (Å²) in [4.78, 5) is 34.0. The Balaban J connectivity index is 1.34. The summed E-state index contributed by atoms with van der Waals surface area (Å²) in [6.45, 7) is 6.36. The molecule has 2 fully saturated rings. The fraction of sp³-hybridized carbons (Fsp3) is 0.481. The Morgan fingerprint density at radius 1 is 1.18 bits per heavy atom. The monoisotopic (exact) mass is 558 g/mol. The number of carbonyl (C=O) groups is 2. The van der Waals surface area contributed by atoms with Crippen molar-refractivity contribution in [1.29, 1.82) is 0 Å². The van der Waals surface area contributed by atoms with Gasteiger partial charge in [-0.15, -0.1) is 16.9 Å². The molecule has 0 aliphatic carbocycles. The van der Waals surface area contributed by atoms with Gasteiger partial charge in [-0.1, -0.05) is 0 Å². The third kappa shape index (κ3) is 5.95. The van der Waals surface area contributed by atoms with E-state index >= 15 is 0 Å². The molecular formula is C27H32F2N6O3S. The lowest BCUT2D eigenvalue weighted by Crippen LogP contribution is -2.40. The summed E-state index contributed by atoms with van der Waals surface area (Å²) >= 11 is 1.43. The molecule has 2 saturated heterocycles. The van der Waals surface area contributed by atoms with Gasteiger partial charge in [0.2, 0.25) is 0 Å². The molecule has 5 rings (SSSR count). The maximum atomic E-state index is 14.7. The minimum Gasteiger partial charge on any atom is -0.444 e. The van der Waals surface area contributed by atoms with Crippen molar-refractivity contribution in [2.24, 2.45) is 0 Å². The molecule has 12 heteroatoms. The van der Waals surface area contributed by atoms with Crippen LogP contribution < -0.4 is 10.2 Å². The normalized spacial score (nSPS) is 21.5. The van der Waals surface area contributed by atoms with Crippen LogP contribution in [0.2, 0.25) is 0 Å². The number of fused-ring (bicyclic) bond motifs is 1. The van der Waals surface area contributed by atoms with E-state index in [1.54, 1.807) is 21.9 Å². The summed E-state index contributed by atoms with van der Waals surface area (Å²) in [5.41, 5.74) is 0.779. The number of benzene rings is 1. The van der Waals surface area contributed by atoms with Crippen LogP contribution in [0.4, 0.5) is 19.4 Å². The minimum absolute atomic E-state index is 0.104. The predicted octanol–water partition coefficient (Wildman–Crippen LogP) is 4.62. The number of anilines is 1. The third-order valence-electron chi connectivity index (χ3n) is 6.81. The molecule has 208 valence electrons. The first-order valence-corrected chi connectivity index (χ1v) is 14.1. The van der Waals surface area contributed by atoms with Crippen molar-refractivity contribution < 1.29 is 23.1 Å². The Hall–Kier alpha value is -3.41. The summed E-state index contributed by atoms with van der Waals surface area (Å²) in [7, 11) is 0. The van der Waals surface area contributed by atoms with Gasteiger partial charge in [0.25, 0.3) is 5.91 Å². The molecule has 1 aromatic carbocycles. The predicted molar refractivity (Wildman–Crippen MR) is 144 cm³/mol. The number of thioether (sulfide) groups is 1. The van der Waals surface area contributed by atoms with Gasteiger partial charge in [0.05, 0.1) is 18.8 Å². The Morgan fingerprint density at radius 3 is 2.72 bits per heavy atom. The molecule has 39 heavy (non-hydrogen) atoms. The van der Waals surface area contributed by atoms with E-state index < -0.39 is 23.9 Å². The molecule has 9 nitrogen and oxygen atoms in total. The number of ether oxygens (including phenoxy) is 1. The topological polar surface area (TPSA) is 92.1 Å². The molecule has 0 spiro atoms. The Kier molecular flexibility index (Phi) is 7.41. The number of nitrogens with one attached hydrogen (secondary N) is 1. The molecule has 2 aliphatic heterocycles. The largest absolute Gasteiger partial charge is 0.444 e. The number of likely N-dealkylation sites (tertiary alicyclic amines) is 1. The number of alkyl halides is 1. The van der Waals surface area contributed by atoms with Crippen LogP contribution in [0.3, 0.4) is 0 Å². The molecule has 3 aromatic rings. The highest BCUT2D eigenvalue weighted by Crippen LogP contribution is 2.38. The van der Waals surface area contributed by atoms with E-state index in [4.69, 9.17) is 4.74 Å². The van der Waals surface area contributed by atoms with Gasteiger partial charge in [-0.3, -0.25) is 4.79 Å². The van der Waals surface area contributed by atoms with Gasteiger partial charge in [-0.05, 0) is 69.3 Å². The van der Waals surface area contributed by atoms with E-state index in [0.717, 1.165) is 4.90 Å². The van der Waals surface area contributed by atoms with Gasteiger partial charge in [0, 0.05) is 30.4 Å². The van der Waals surface area contributed by atoms with E-state index in [9.17, 15) is 18.4 Å². The number of carbonyl (C=O) groups excluding carboxylic acids is 2. The Morgan fingerprint density at radius 2 is 1.97 bits per heavy atom. The molecule has 4 heterocycles. The van der Waals surface area contributed by atoms with E-state index in [0.29, 0.717) is 36.5 Å². The van der Waals surface area contributed by atoms with Crippen LogP contribution in [0.5, 0.6) is 0 Å². The highest BCUT2D eigenvalue weighted by molar-refractivity contribution is 7.98. The number of halogens is 2. The van der Waals surface area contributed by atoms with E-state index in [1.807, 2.05) is 33.1 Å². The van der Waals surface area contributed by atoms with Crippen molar-refractivity contribution in [2.75, 3.05) is 30.8 Å². The zero-order chi connectivity index (χ0) is 27.9. The summed E-state index contributed by atoms with van der Waals surface area (Å²) < 4.78 is 35.8. The average molecular weight is 559 g/mol. The van der Waals surface area contributed by atoms with E-state index in [-0.39, 0.29) is 36.4 Å². The smallest absolute Gasteiger partial charge is 0.410 e. The van der Waals surface area contributed by atoms with Crippen molar-refractivity contribution in [3.63, 3.8) is 0 Å². The van der Waals surface area contributed by atoms with Crippen molar-refractivity contribution >= 4 is 35.2 Å². The second kappa shape index (κ2) is 10.6. The fourth-order valence-corrected chi connectivity index (χ4v) is 5.53. The zero-order valence-corrected chi connectivity index (χ0v) is 23.2.